The van der Waals surface area contributed by atoms with Crippen LogP contribution in [0.15, 0.2) is 0 Å². The molecule has 1 fully saturated rings. The highest BCUT2D eigenvalue weighted by atomic mass is 16.5. The number of hydrogen-bond acceptors (Lipinski definition) is 2. The maximum atomic E-state index is 10.9. The van der Waals surface area contributed by atoms with Crippen molar-refractivity contribution < 1.29 is 9.53 Å². The van der Waals surface area contributed by atoms with E-state index in [1.54, 1.807) is 0 Å². The van der Waals surface area contributed by atoms with Crippen LogP contribution in [0.3, 0.4) is 0 Å². The average molecular weight is 156 g/mol. The molecule has 2 heteroatoms. The Balaban J connectivity index is 2.24. The van der Waals surface area contributed by atoms with Crippen molar-refractivity contribution in [3.63, 3.8) is 0 Å². The van der Waals surface area contributed by atoms with E-state index in [-0.39, 0.29) is 18.0 Å². The number of rotatable bonds is 3. The van der Waals surface area contributed by atoms with Gasteiger partial charge in [-0.3, -0.25) is 4.79 Å². The first-order valence-electron chi connectivity index (χ1n) is 4.44. The molecule has 1 rings (SSSR count). The van der Waals surface area contributed by atoms with Crippen molar-refractivity contribution in [1.29, 1.82) is 0 Å². The van der Waals surface area contributed by atoms with E-state index in [1.807, 2.05) is 6.92 Å². The molecule has 1 heterocycles. The molecule has 0 aromatic rings. The van der Waals surface area contributed by atoms with Crippen molar-refractivity contribution >= 4 is 5.97 Å². The number of unbranched alkanes of at least 4 members (excludes halogenated alkanes) is 1. The molecule has 0 bridgehead atoms. The molecule has 0 aromatic heterocycles. The van der Waals surface area contributed by atoms with Crippen molar-refractivity contribution in [3.8, 4) is 0 Å². The van der Waals surface area contributed by atoms with Crippen LogP contribution < -0.4 is 0 Å². The minimum Gasteiger partial charge on any atom is -0.462 e. The monoisotopic (exact) mass is 156 g/mol. The summed E-state index contributed by atoms with van der Waals surface area (Å²) < 4.78 is 5.14. The zero-order valence-electron chi connectivity index (χ0n) is 7.30. The first-order chi connectivity index (χ1) is 5.24. The Labute approximate surface area is 67.9 Å². The molecule has 0 aromatic carbocycles. The minimum atomic E-state index is -0.00824. The molecule has 2 nitrogen and oxygen atoms in total. The van der Waals surface area contributed by atoms with Crippen molar-refractivity contribution in [2.45, 2.75) is 45.6 Å². The SMILES string of the molecule is CCCCC1CC(C)C(=O)O1. The molecule has 2 atom stereocenters. The number of carbonyl (C=O) groups excluding carboxylic acids is 1. The van der Waals surface area contributed by atoms with E-state index in [2.05, 4.69) is 6.92 Å². The zero-order chi connectivity index (χ0) is 8.27. The highest BCUT2D eigenvalue weighted by Crippen LogP contribution is 2.23. The molecular formula is C9H16O2. The molecule has 0 saturated carbocycles. The lowest BCUT2D eigenvalue weighted by atomic mass is 10.0. The van der Waals surface area contributed by atoms with Crippen molar-refractivity contribution in [3.05, 3.63) is 0 Å². The molecule has 2 unspecified atom stereocenters. The highest BCUT2D eigenvalue weighted by Gasteiger charge is 2.29. The third-order valence-corrected chi connectivity index (χ3v) is 2.18. The van der Waals surface area contributed by atoms with Gasteiger partial charge in [0.05, 0.1) is 5.92 Å². The predicted octanol–water partition coefficient (Wildman–Crippen LogP) is 2.13. The number of esters is 1. The standard InChI is InChI=1S/C9H16O2/c1-3-4-5-8-6-7(2)9(10)11-8/h7-8H,3-6H2,1-2H3. The number of hydrogen-bond donors (Lipinski definition) is 0. The normalized spacial score (nSPS) is 30.5. The van der Waals surface area contributed by atoms with Crippen LogP contribution in [-0.4, -0.2) is 12.1 Å². The second kappa shape index (κ2) is 3.74. The lowest BCUT2D eigenvalue weighted by Gasteiger charge is -2.06. The van der Waals surface area contributed by atoms with E-state index in [4.69, 9.17) is 4.74 Å². The van der Waals surface area contributed by atoms with E-state index in [0.717, 1.165) is 12.8 Å². The maximum Gasteiger partial charge on any atom is 0.309 e. The summed E-state index contributed by atoms with van der Waals surface area (Å²) in [4.78, 5) is 10.9. The molecule has 0 amide bonds. The molecular weight excluding hydrogens is 140 g/mol. The topological polar surface area (TPSA) is 26.3 Å². The molecule has 0 radical (unpaired) electrons. The van der Waals surface area contributed by atoms with Crippen LogP contribution in [0.25, 0.3) is 0 Å². The third-order valence-electron chi connectivity index (χ3n) is 2.18. The number of ether oxygens (including phenoxy) is 1. The van der Waals surface area contributed by atoms with Gasteiger partial charge in [0.1, 0.15) is 6.10 Å². The predicted molar refractivity (Wildman–Crippen MR) is 43.2 cm³/mol. The Bertz CT molecular complexity index is 142. The van der Waals surface area contributed by atoms with Gasteiger partial charge in [0, 0.05) is 0 Å². The van der Waals surface area contributed by atoms with Crippen LogP contribution in [0, 0.1) is 5.92 Å². The fraction of sp³-hybridized carbons (Fsp3) is 0.889. The van der Waals surface area contributed by atoms with Crippen LogP contribution in [-0.2, 0) is 9.53 Å². The Kier molecular flexibility index (Phi) is 2.92. The molecule has 1 aliphatic rings. The van der Waals surface area contributed by atoms with Gasteiger partial charge in [-0.2, -0.15) is 0 Å². The van der Waals surface area contributed by atoms with Gasteiger partial charge in [0.2, 0.25) is 0 Å². The molecule has 0 spiro atoms. The van der Waals surface area contributed by atoms with Crippen molar-refractivity contribution in [2.75, 3.05) is 0 Å². The first kappa shape index (κ1) is 8.57. The van der Waals surface area contributed by atoms with E-state index >= 15 is 0 Å². The first-order valence-corrected chi connectivity index (χ1v) is 4.44. The summed E-state index contributed by atoms with van der Waals surface area (Å²) in [7, 11) is 0. The van der Waals surface area contributed by atoms with E-state index in [0.29, 0.717) is 0 Å². The Hall–Kier alpha value is -0.530. The lowest BCUT2D eigenvalue weighted by Crippen LogP contribution is -2.05. The lowest BCUT2D eigenvalue weighted by molar-refractivity contribution is -0.144. The smallest absolute Gasteiger partial charge is 0.309 e. The quantitative estimate of drug-likeness (QED) is 0.585. The Morgan fingerprint density at radius 2 is 2.36 bits per heavy atom. The largest absolute Gasteiger partial charge is 0.462 e. The van der Waals surface area contributed by atoms with Gasteiger partial charge in [0.15, 0.2) is 0 Å². The molecule has 0 N–H and O–H groups in total. The van der Waals surface area contributed by atoms with Crippen LogP contribution in [0.1, 0.15) is 39.5 Å². The fourth-order valence-electron chi connectivity index (χ4n) is 1.43. The average Bonchev–Trinajstić information content (AvgIpc) is 2.28. The second-order valence-electron chi connectivity index (χ2n) is 3.34. The van der Waals surface area contributed by atoms with Crippen molar-refractivity contribution in [1.82, 2.24) is 0 Å². The maximum absolute atomic E-state index is 10.9. The summed E-state index contributed by atoms with van der Waals surface area (Å²) in [6.45, 7) is 4.09. The highest BCUT2D eigenvalue weighted by molar-refractivity contribution is 5.74. The van der Waals surface area contributed by atoms with Gasteiger partial charge in [-0.25, -0.2) is 0 Å². The van der Waals surface area contributed by atoms with Gasteiger partial charge in [-0.05, 0) is 12.8 Å². The minimum absolute atomic E-state index is 0.00824. The van der Waals surface area contributed by atoms with Gasteiger partial charge in [-0.15, -0.1) is 0 Å². The zero-order valence-corrected chi connectivity index (χ0v) is 7.30. The molecule has 11 heavy (non-hydrogen) atoms. The molecule has 64 valence electrons. The summed E-state index contributed by atoms with van der Waals surface area (Å²) in [5.41, 5.74) is 0. The van der Waals surface area contributed by atoms with Crippen LogP contribution >= 0.6 is 0 Å². The Morgan fingerprint density at radius 3 is 2.82 bits per heavy atom. The van der Waals surface area contributed by atoms with Crippen molar-refractivity contribution in [2.24, 2.45) is 5.92 Å². The van der Waals surface area contributed by atoms with E-state index in [9.17, 15) is 4.79 Å². The summed E-state index contributed by atoms with van der Waals surface area (Å²) in [6.07, 6.45) is 4.55. The van der Waals surface area contributed by atoms with Crippen LogP contribution in [0.2, 0.25) is 0 Å². The van der Waals surface area contributed by atoms with Gasteiger partial charge < -0.3 is 4.74 Å². The molecule has 1 saturated heterocycles. The van der Waals surface area contributed by atoms with Gasteiger partial charge in [-0.1, -0.05) is 26.7 Å². The van der Waals surface area contributed by atoms with Crippen LogP contribution in [0.4, 0.5) is 0 Å². The van der Waals surface area contributed by atoms with Crippen LogP contribution in [0.5, 0.6) is 0 Å². The van der Waals surface area contributed by atoms with Gasteiger partial charge >= 0.3 is 5.97 Å². The van der Waals surface area contributed by atoms with Gasteiger partial charge in [0.25, 0.3) is 0 Å². The summed E-state index contributed by atoms with van der Waals surface area (Å²) >= 11 is 0. The van der Waals surface area contributed by atoms with E-state index in [1.165, 1.54) is 12.8 Å². The molecule has 0 aliphatic carbocycles. The van der Waals surface area contributed by atoms with E-state index < -0.39 is 0 Å². The number of carbonyl (C=O) groups is 1. The third kappa shape index (κ3) is 2.21. The summed E-state index contributed by atoms with van der Waals surface area (Å²) in [5, 5.41) is 0. The number of cyclic esters (lactones) is 1. The Morgan fingerprint density at radius 1 is 1.64 bits per heavy atom. The summed E-state index contributed by atoms with van der Waals surface area (Å²) in [5.74, 6) is 0.128. The summed E-state index contributed by atoms with van der Waals surface area (Å²) in [6, 6.07) is 0. The second-order valence-corrected chi connectivity index (χ2v) is 3.34. The molecule has 1 aliphatic heterocycles. The fourth-order valence-corrected chi connectivity index (χ4v) is 1.43.